The molecule has 0 aliphatic carbocycles. The first kappa shape index (κ1) is 21.7. The van der Waals surface area contributed by atoms with Crippen LogP contribution in [0.5, 0.6) is 11.5 Å². The monoisotopic (exact) mass is 463 g/mol. The molecule has 0 atom stereocenters. The molecule has 1 aliphatic rings. The van der Waals surface area contributed by atoms with Gasteiger partial charge in [0.15, 0.2) is 0 Å². The van der Waals surface area contributed by atoms with E-state index in [0.717, 1.165) is 46.8 Å². The van der Waals surface area contributed by atoms with Gasteiger partial charge in [-0.25, -0.2) is 0 Å². The van der Waals surface area contributed by atoms with Crippen LogP contribution in [-0.4, -0.2) is 26.9 Å². The Kier molecular flexibility index (Phi) is 5.33. The molecule has 10 heteroatoms. The van der Waals surface area contributed by atoms with Crippen LogP contribution in [-0.2, 0) is 14.9 Å². The van der Waals surface area contributed by atoms with Crippen molar-refractivity contribution >= 4 is 27.5 Å². The summed E-state index contributed by atoms with van der Waals surface area (Å²) in [5.41, 5.74) is -2.37. The molecule has 0 saturated carbocycles. The van der Waals surface area contributed by atoms with Crippen LogP contribution < -0.4 is 13.8 Å². The maximum Gasteiger partial charge on any atom is 0.534 e. The highest BCUT2D eigenvalue weighted by molar-refractivity contribution is 7.88. The quantitative estimate of drug-likeness (QED) is 0.241. The molecule has 32 heavy (non-hydrogen) atoms. The molecule has 0 spiro atoms. The Morgan fingerprint density at radius 2 is 1.31 bits per heavy atom. The van der Waals surface area contributed by atoms with Crippen molar-refractivity contribution in [1.29, 1.82) is 0 Å². The van der Waals surface area contributed by atoms with Gasteiger partial charge in [0, 0.05) is 18.4 Å². The van der Waals surface area contributed by atoms with Crippen LogP contribution in [0.3, 0.4) is 0 Å². The maximum atomic E-state index is 13.1. The average molecular weight is 463 g/mol. The molecular weight excluding hydrogens is 447 g/mol. The number of fused-ring (bicyclic) bond motifs is 2. The molecule has 4 rings (SSSR count). The summed E-state index contributed by atoms with van der Waals surface area (Å²) >= 11 is 0. The van der Waals surface area contributed by atoms with E-state index in [2.05, 4.69) is 4.18 Å². The zero-order chi connectivity index (χ0) is 23.1. The standard InChI is InChI=1S/C22H16F3NO5S/c1-26-18-8-4-2-6-16(18)20(17-7-3-5-9-19(17)26)21(27)30-14-10-12-15(13-11-14)31-32(28,29)22(23,24)25/h2-13,20H,1H3. The molecule has 0 unspecified atom stereocenters. The van der Waals surface area contributed by atoms with Gasteiger partial charge in [0.25, 0.3) is 0 Å². The zero-order valence-electron chi connectivity index (χ0n) is 16.5. The van der Waals surface area contributed by atoms with Gasteiger partial charge in [-0.15, -0.1) is 0 Å². The van der Waals surface area contributed by atoms with E-state index in [1.807, 2.05) is 60.5 Å². The van der Waals surface area contributed by atoms with Gasteiger partial charge >= 0.3 is 21.6 Å². The molecule has 6 nitrogen and oxygen atoms in total. The SMILES string of the molecule is CN1c2ccccc2C(C(=O)Oc2ccc(OS(=O)(=O)C(F)(F)F)cc2)c2ccccc21. The summed E-state index contributed by atoms with van der Waals surface area (Å²) < 4.78 is 69.1. The third-order valence-electron chi connectivity index (χ3n) is 4.99. The molecule has 0 fully saturated rings. The summed E-state index contributed by atoms with van der Waals surface area (Å²) in [5.74, 6) is -1.84. The number of hydrogen-bond donors (Lipinski definition) is 0. The zero-order valence-corrected chi connectivity index (χ0v) is 17.4. The van der Waals surface area contributed by atoms with Gasteiger partial charge < -0.3 is 13.8 Å². The second-order valence-electron chi connectivity index (χ2n) is 6.99. The van der Waals surface area contributed by atoms with E-state index < -0.39 is 33.3 Å². The maximum absolute atomic E-state index is 13.1. The normalized spacial score (nSPS) is 13.8. The lowest BCUT2D eigenvalue weighted by molar-refractivity contribution is -0.135. The molecule has 1 heterocycles. The van der Waals surface area contributed by atoms with Gasteiger partial charge in [0.2, 0.25) is 0 Å². The number of hydrogen-bond acceptors (Lipinski definition) is 6. The van der Waals surface area contributed by atoms with Gasteiger partial charge in [-0.1, -0.05) is 36.4 Å². The van der Waals surface area contributed by atoms with Gasteiger partial charge in [0.05, 0.1) is 0 Å². The molecule has 0 radical (unpaired) electrons. The fourth-order valence-corrected chi connectivity index (χ4v) is 4.00. The highest BCUT2D eigenvalue weighted by atomic mass is 32.2. The van der Waals surface area contributed by atoms with Gasteiger partial charge in [-0.3, -0.25) is 4.79 Å². The summed E-state index contributed by atoms with van der Waals surface area (Å²) in [7, 11) is -3.89. The van der Waals surface area contributed by atoms with E-state index in [1.54, 1.807) is 0 Å². The lowest BCUT2D eigenvalue weighted by Crippen LogP contribution is -2.28. The lowest BCUT2D eigenvalue weighted by atomic mass is 9.85. The molecule has 1 aliphatic heterocycles. The minimum Gasteiger partial charge on any atom is -0.426 e. The van der Waals surface area contributed by atoms with E-state index in [4.69, 9.17) is 4.74 Å². The third-order valence-corrected chi connectivity index (χ3v) is 5.96. The highest BCUT2D eigenvalue weighted by Crippen LogP contribution is 2.45. The Morgan fingerprint density at radius 3 is 1.81 bits per heavy atom. The smallest absolute Gasteiger partial charge is 0.426 e. The average Bonchev–Trinajstić information content (AvgIpc) is 2.74. The summed E-state index contributed by atoms with van der Waals surface area (Å²) in [6.45, 7) is 0. The first-order chi connectivity index (χ1) is 15.1. The first-order valence-corrected chi connectivity index (χ1v) is 10.7. The number of esters is 1. The van der Waals surface area contributed by atoms with E-state index in [-0.39, 0.29) is 5.75 Å². The number of alkyl halides is 3. The van der Waals surface area contributed by atoms with Crippen molar-refractivity contribution in [3.8, 4) is 11.5 Å². The van der Waals surface area contributed by atoms with E-state index in [9.17, 15) is 26.4 Å². The predicted octanol–water partition coefficient (Wildman–Crippen LogP) is 4.73. The van der Waals surface area contributed by atoms with Crippen LogP contribution in [0.25, 0.3) is 0 Å². The Bertz CT molecular complexity index is 1230. The summed E-state index contributed by atoms with van der Waals surface area (Å²) in [6.07, 6.45) is 0. The third kappa shape index (κ3) is 3.89. The number of anilines is 2. The topological polar surface area (TPSA) is 72.9 Å². The number of rotatable bonds is 4. The number of para-hydroxylation sites is 2. The Hall–Kier alpha value is -3.53. The van der Waals surface area contributed by atoms with Crippen LogP contribution in [0.15, 0.2) is 72.8 Å². The number of carbonyl (C=O) groups is 1. The Labute approximate surface area is 181 Å². The Morgan fingerprint density at radius 1 is 0.844 bits per heavy atom. The molecule has 3 aromatic rings. The molecule has 0 saturated heterocycles. The number of halogens is 3. The van der Waals surface area contributed by atoms with Crippen molar-refractivity contribution in [3.63, 3.8) is 0 Å². The predicted molar refractivity (Wildman–Crippen MR) is 110 cm³/mol. The summed E-state index contributed by atoms with van der Waals surface area (Å²) in [4.78, 5) is 15.1. The van der Waals surface area contributed by atoms with Gasteiger partial charge in [-0.05, 0) is 47.5 Å². The lowest BCUT2D eigenvalue weighted by Gasteiger charge is -2.34. The van der Waals surface area contributed by atoms with E-state index in [0.29, 0.717) is 0 Å². The number of nitrogens with zero attached hydrogens (tertiary/aromatic N) is 1. The first-order valence-electron chi connectivity index (χ1n) is 9.32. The summed E-state index contributed by atoms with van der Waals surface area (Å²) in [5, 5.41) is 0. The van der Waals surface area contributed by atoms with Crippen molar-refractivity contribution in [3.05, 3.63) is 83.9 Å². The fraction of sp³-hybridized carbons (Fsp3) is 0.136. The minimum atomic E-state index is -5.79. The van der Waals surface area contributed by atoms with Gasteiger partial charge in [-0.2, -0.15) is 21.6 Å². The number of ether oxygens (including phenoxy) is 1. The molecule has 0 N–H and O–H groups in total. The number of carbonyl (C=O) groups excluding carboxylic acids is 1. The highest BCUT2D eigenvalue weighted by Gasteiger charge is 2.48. The van der Waals surface area contributed by atoms with Crippen molar-refractivity contribution in [2.75, 3.05) is 11.9 Å². The van der Waals surface area contributed by atoms with Crippen molar-refractivity contribution in [1.82, 2.24) is 0 Å². The van der Waals surface area contributed by atoms with Crippen LogP contribution in [0.4, 0.5) is 24.5 Å². The Balaban J connectivity index is 1.60. The molecule has 0 bridgehead atoms. The van der Waals surface area contributed by atoms with Crippen LogP contribution in [0.1, 0.15) is 17.0 Å². The van der Waals surface area contributed by atoms with E-state index in [1.165, 1.54) is 0 Å². The largest absolute Gasteiger partial charge is 0.534 e. The second kappa shape index (κ2) is 7.86. The molecular formula is C22H16F3NO5S. The molecule has 0 amide bonds. The summed E-state index contributed by atoms with van der Waals surface area (Å²) in [6, 6.07) is 19.0. The van der Waals surface area contributed by atoms with Crippen LogP contribution >= 0.6 is 0 Å². The van der Waals surface area contributed by atoms with Crippen LogP contribution in [0.2, 0.25) is 0 Å². The van der Waals surface area contributed by atoms with Crippen LogP contribution in [0, 0.1) is 0 Å². The van der Waals surface area contributed by atoms with E-state index >= 15 is 0 Å². The van der Waals surface area contributed by atoms with Gasteiger partial charge in [0.1, 0.15) is 17.4 Å². The van der Waals surface area contributed by atoms with Crippen molar-refractivity contribution < 1.29 is 35.3 Å². The molecule has 0 aromatic heterocycles. The number of benzene rings is 3. The minimum absolute atomic E-state index is 0.0284. The molecule has 166 valence electrons. The van der Waals surface area contributed by atoms with Crippen molar-refractivity contribution in [2.24, 2.45) is 0 Å². The molecule has 3 aromatic carbocycles. The van der Waals surface area contributed by atoms with Crippen molar-refractivity contribution in [2.45, 2.75) is 11.4 Å². The fourth-order valence-electron chi connectivity index (χ4n) is 3.54. The second-order valence-corrected chi connectivity index (χ2v) is 8.52.